The molecule has 0 radical (unpaired) electrons. The van der Waals surface area contributed by atoms with E-state index in [1.165, 1.54) is 0 Å². The summed E-state index contributed by atoms with van der Waals surface area (Å²) in [5.41, 5.74) is 1.39. The quantitative estimate of drug-likeness (QED) is 0.891. The van der Waals surface area contributed by atoms with Gasteiger partial charge in [0.15, 0.2) is 0 Å². The number of hydrogen-bond donors (Lipinski definition) is 1. The minimum absolute atomic E-state index is 0.586. The van der Waals surface area contributed by atoms with Crippen LogP contribution in [0.5, 0.6) is 11.5 Å². The second-order valence-corrected chi connectivity index (χ2v) is 3.94. The van der Waals surface area contributed by atoms with Crippen molar-refractivity contribution in [1.82, 2.24) is 9.55 Å². The Morgan fingerprint density at radius 2 is 2.06 bits per heavy atom. The van der Waals surface area contributed by atoms with Gasteiger partial charge in [-0.3, -0.25) is 0 Å². The molecule has 0 spiro atoms. The van der Waals surface area contributed by atoms with Gasteiger partial charge in [0.25, 0.3) is 0 Å². The summed E-state index contributed by atoms with van der Waals surface area (Å²) in [6.45, 7) is 0. The average molecular weight is 248 g/mol. The summed E-state index contributed by atoms with van der Waals surface area (Å²) in [4.78, 5) is 3.99. The number of aliphatic hydroxyl groups is 1. The predicted octanol–water partition coefficient (Wildman–Crippen LogP) is 1.52. The summed E-state index contributed by atoms with van der Waals surface area (Å²) < 4.78 is 12.2. The fourth-order valence-electron chi connectivity index (χ4n) is 1.83. The first kappa shape index (κ1) is 12.4. The number of benzene rings is 1. The van der Waals surface area contributed by atoms with Crippen LogP contribution in [0.3, 0.4) is 0 Å². The van der Waals surface area contributed by atoms with Crippen molar-refractivity contribution in [3.05, 3.63) is 42.0 Å². The molecule has 1 atom stereocenters. The highest BCUT2D eigenvalue weighted by Gasteiger charge is 2.18. The van der Waals surface area contributed by atoms with Crippen LogP contribution in [0.15, 0.2) is 30.7 Å². The Hall–Kier alpha value is -2.01. The van der Waals surface area contributed by atoms with Crippen LogP contribution in [-0.2, 0) is 7.05 Å². The minimum atomic E-state index is -0.779. The van der Waals surface area contributed by atoms with Gasteiger partial charge in [-0.05, 0) is 12.1 Å². The van der Waals surface area contributed by atoms with Crippen molar-refractivity contribution in [2.75, 3.05) is 14.2 Å². The first-order chi connectivity index (χ1) is 8.67. The second kappa shape index (κ2) is 5.10. The van der Waals surface area contributed by atoms with E-state index in [0.717, 1.165) is 0 Å². The number of nitrogens with zero attached hydrogens (tertiary/aromatic N) is 2. The van der Waals surface area contributed by atoms with E-state index in [1.807, 2.05) is 7.05 Å². The number of hydrogen-bond acceptors (Lipinski definition) is 4. The van der Waals surface area contributed by atoms with E-state index in [9.17, 15) is 5.11 Å². The molecule has 1 aromatic heterocycles. The van der Waals surface area contributed by atoms with E-state index in [0.29, 0.717) is 22.8 Å². The van der Waals surface area contributed by atoms with E-state index < -0.39 is 6.10 Å². The van der Waals surface area contributed by atoms with Crippen LogP contribution in [0.1, 0.15) is 17.4 Å². The molecule has 1 heterocycles. The highest BCUT2D eigenvalue weighted by molar-refractivity contribution is 5.44. The maximum Gasteiger partial charge on any atom is 0.128 e. The van der Waals surface area contributed by atoms with Crippen molar-refractivity contribution >= 4 is 0 Å². The van der Waals surface area contributed by atoms with Crippen molar-refractivity contribution in [1.29, 1.82) is 0 Å². The highest BCUT2D eigenvalue weighted by atomic mass is 16.5. The molecule has 0 bridgehead atoms. The van der Waals surface area contributed by atoms with E-state index in [-0.39, 0.29) is 0 Å². The van der Waals surface area contributed by atoms with Crippen LogP contribution in [0.25, 0.3) is 0 Å². The molecule has 1 N–H and O–H groups in total. The van der Waals surface area contributed by atoms with Crippen LogP contribution in [0, 0.1) is 0 Å². The Morgan fingerprint density at radius 3 is 2.61 bits per heavy atom. The standard InChI is InChI=1S/C13H16N2O3/c1-15-8-14-7-11(15)13(16)10-5-4-9(17-2)6-12(10)18-3/h4-8,13,16H,1-3H3. The van der Waals surface area contributed by atoms with E-state index in [2.05, 4.69) is 4.98 Å². The summed E-state index contributed by atoms with van der Waals surface area (Å²) >= 11 is 0. The molecule has 0 aliphatic carbocycles. The van der Waals surface area contributed by atoms with Gasteiger partial charge < -0.3 is 19.1 Å². The van der Waals surface area contributed by atoms with E-state index in [4.69, 9.17) is 9.47 Å². The SMILES string of the molecule is COc1ccc(C(O)c2cncn2C)c(OC)c1. The zero-order valence-electron chi connectivity index (χ0n) is 10.6. The number of imidazole rings is 1. The summed E-state index contributed by atoms with van der Waals surface area (Å²) in [5.74, 6) is 1.27. The molecule has 0 aliphatic heterocycles. The number of methoxy groups -OCH3 is 2. The van der Waals surface area contributed by atoms with Gasteiger partial charge in [-0.25, -0.2) is 4.98 Å². The second-order valence-electron chi connectivity index (χ2n) is 3.94. The highest BCUT2D eigenvalue weighted by Crippen LogP contribution is 2.32. The molecular weight excluding hydrogens is 232 g/mol. The molecule has 0 saturated carbocycles. The third kappa shape index (κ3) is 2.17. The van der Waals surface area contributed by atoms with Crippen molar-refractivity contribution in [3.63, 3.8) is 0 Å². The lowest BCUT2D eigenvalue weighted by Crippen LogP contribution is -2.06. The fraction of sp³-hybridized carbons (Fsp3) is 0.308. The lowest BCUT2D eigenvalue weighted by molar-refractivity contribution is 0.206. The zero-order valence-corrected chi connectivity index (χ0v) is 10.6. The lowest BCUT2D eigenvalue weighted by atomic mass is 10.1. The number of aromatic nitrogens is 2. The number of ether oxygens (including phenoxy) is 2. The van der Waals surface area contributed by atoms with Crippen molar-refractivity contribution in [2.24, 2.45) is 7.05 Å². The molecule has 0 saturated heterocycles. The molecule has 0 aliphatic rings. The van der Waals surface area contributed by atoms with Gasteiger partial charge in [0.05, 0.1) is 32.4 Å². The first-order valence-corrected chi connectivity index (χ1v) is 5.53. The topological polar surface area (TPSA) is 56.5 Å². The Balaban J connectivity index is 2.41. The molecular formula is C13H16N2O3. The van der Waals surface area contributed by atoms with Gasteiger partial charge in [-0.2, -0.15) is 0 Å². The van der Waals surface area contributed by atoms with Gasteiger partial charge in [0, 0.05) is 18.7 Å². The maximum atomic E-state index is 10.4. The van der Waals surface area contributed by atoms with Crippen molar-refractivity contribution in [2.45, 2.75) is 6.10 Å². The van der Waals surface area contributed by atoms with Crippen molar-refractivity contribution in [3.8, 4) is 11.5 Å². The maximum absolute atomic E-state index is 10.4. The molecule has 5 heteroatoms. The zero-order chi connectivity index (χ0) is 13.1. The molecule has 5 nitrogen and oxygen atoms in total. The fourth-order valence-corrected chi connectivity index (χ4v) is 1.83. The summed E-state index contributed by atoms with van der Waals surface area (Å²) in [5, 5.41) is 10.4. The summed E-state index contributed by atoms with van der Waals surface area (Å²) in [7, 11) is 4.99. The Kier molecular flexibility index (Phi) is 3.53. The molecule has 1 unspecified atom stereocenters. The largest absolute Gasteiger partial charge is 0.497 e. The van der Waals surface area contributed by atoms with Gasteiger partial charge in [0.2, 0.25) is 0 Å². The third-order valence-corrected chi connectivity index (χ3v) is 2.87. The summed E-state index contributed by atoms with van der Waals surface area (Å²) in [6, 6.07) is 5.32. The van der Waals surface area contributed by atoms with Crippen LogP contribution < -0.4 is 9.47 Å². The van der Waals surface area contributed by atoms with E-state index in [1.54, 1.807) is 49.5 Å². The predicted molar refractivity (Wildman–Crippen MR) is 66.8 cm³/mol. The van der Waals surface area contributed by atoms with Crippen molar-refractivity contribution < 1.29 is 14.6 Å². The van der Waals surface area contributed by atoms with Crippen LogP contribution in [-0.4, -0.2) is 28.9 Å². The lowest BCUT2D eigenvalue weighted by Gasteiger charge is -2.16. The molecule has 0 fully saturated rings. The monoisotopic (exact) mass is 248 g/mol. The van der Waals surface area contributed by atoms with Crippen LogP contribution in [0.2, 0.25) is 0 Å². The molecule has 2 aromatic rings. The van der Waals surface area contributed by atoms with Gasteiger partial charge in [0.1, 0.15) is 17.6 Å². The normalized spacial score (nSPS) is 12.2. The third-order valence-electron chi connectivity index (χ3n) is 2.87. The molecule has 2 rings (SSSR count). The van der Waals surface area contributed by atoms with Crippen LogP contribution >= 0.6 is 0 Å². The number of rotatable bonds is 4. The molecule has 18 heavy (non-hydrogen) atoms. The van der Waals surface area contributed by atoms with E-state index >= 15 is 0 Å². The number of aliphatic hydroxyl groups excluding tert-OH is 1. The molecule has 96 valence electrons. The van der Waals surface area contributed by atoms with Crippen LogP contribution in [0.4, 0.5) is 0 Å². The van der Waals surface area contributed by atoms with Gasteiger partial charge in [-0.15, -0.1) is 0 Å². The first-order valence-electron chi connectivity index (χ1n) is 5.53. The van der Waals surface area contributed by atoms with Gasteiger partial charge >= 0.3 is 0 Å². The average Bonchev–Trinajstić information content (AvgIpc) is 2.83. The Labute approximate surface area is 106 Å². The number of aryl methyl sites for hydroxylation is 1. The minimum Gasteiger partial charge on any atom is -0.497 e. The molecule has 0 amide bonds. The van der Waals surface area contributed by atoms with Gasteiger partial charge in [-0.1, -0.05) is 0 Å². The smallest absolute Gasteiger partial charge is 0.128 e. The Morgan fingerprint density at radius 1 is 1.28 bits per heavy atom. The summed E-state index contributed by atoms with van der Waals surface area (Å²) in [6.07, 6.45) is 2.50. The molecule has 1 aromatic carbocycles. The Bertz CT molecular complexity index is 537.